The highest BCUT2D eigenvalue weighted by molar-refractivity contribution is 5.99. The van der Waals surface area contributed by atoms with E-state index in [0.29, 0.717) is 13.1 Å². The quantitative estimate of drug-likeness (QED) is 0.632. The summed E-state index contributed by atoms with van der Waals surface area (Å²) < 4.78 is 0. The van der Waals surface area contributed by atoms with Gasteiger partial charge in [-0.3, -0.25) is 9.59 Å². The van der Waals surface area contributed by atoms with Crippen LogP contribution >= 0.6 is 0 Å². The monoisotopic (exact) mass is 396 g/mol. The fourth-order valence-corrected chi connectivity index (χ4v) is 4.55. The number of ketones is 2. The van der Waals surface area contributed by atoms with Gasteiger partial charge in [-0.15, -0.1) is 0 Å². The van der Waals surface area contributed by atoms with Gasteiger partial charge in [-0.2, -0.15) is 0 Å². The molecule has 2 aliphatic rings. The highest BCUT2D eigenvalue weighted by Gasteiger charge is 2.29. The normalized spacial score (nSPS) is 19.6. The zero-order valence-electron chi connectivity index (χ0n) is 16.7. The molecule has 0 saturated carbocycles. The van der Waals surface area contributed by atoms with Gasteiger partial charge in [-0.25, -0.2) is 0 Å². The van der Waals surface area contributed by atoms with E-state index in [4.69, 9.17) is 0 Å². The second-order valence-electron chi connectivity index (χ2n) is 8.19. The highest BCUT2D eigenvalue weighted by Crippen LogP contribution is 2.35. The Kier molecular flexibility index (Phi) is 4.83. The van der Waals surface area contributed by atoms with Crippen LogP contribution in [0.2, 0.25) is 0 Å². The van der Waals surface area contributed by atoms with E-state index in [1.165, 1.54) is 0 Å². The maximum atomic E-state index is 12.9. The predicted octanol–water partition coefficient (Wildman–Crippen LogP) is 4.62. The van der Waals surface area contributed by atoms with E-state index < -0.39 is 0 Å². The zero-order chi connectivity index (χ0) is 20.5. The number of carbonyl (C=O) groups is 2. The van der Waals surface area contributed by atoms with Gasteiger partial charge in [-0.05, 0) is 30.0 Å². The summed E-state index contributed by atoms with van der Waals surface area (Å²) in [7, 11) is 0. The number of carbonyl (C=O) groups excluding carboxylic acids is 2. The van der Waals surface area contributed by atoms with Crippen LogP contribution in [-0.2, 0) is 12.8 Å². The smallest absolute Gasteiger partial charge is 0.168 e. The molecule has 2 heterocycles. The molecule has 2 aliphatic heterocycles. The molecule has 3 aromatic rings. The predicted molar refractivity (Wildman–Crippen MR) is 119 cm³/mol. The SMILES string of the molecule is O=C(c1ccccc1)C1CNc2cc3c(cc2C1)CC(C(=O)c1ccccc1)CN3. The van der Waals surface area contributed by atoms with Gasteiger partial charge in [0.2, 0.25) is 0 Å². The topological polar surface area (TPSA) is 58.2 Å². The van der Waals surface area contributed by atoms with Crippen molar-refractivity contribution in [2.24, 2.45) is 11.8 Å². The van der Waals surface area contributed by atoms with Crippen molar-refractivity contribution in [2.45, 2.75) is 12.8 Å². The van der Waals surface area contributed by atoms with E-state index in [-0.39, 0.29) is 23.4 Å². The van der Waals surface area contributed by atoms with Crippen LogP contribution in [0, 0.1) is 11.8 Å². The minimum atomic E-state index is -0.0729. The highest BCUT2D eigenvalue weighted by atomic mass is 16.1. The molecule has 5 rings (SSSR count). The summed E-state index contributed by atoms with van der Waals surface area (Å²) in [5, 5.41) is 6.89. The molecular formula is C26H24N2O2. The van der Waals surface area contributed by atoms with Crippen molar-refractivity contribution in [3.63, 3.8) is 0 Å². The number of benzene rings is 3. The van der Waals surface area contributed by atoms with E-state index >= 15 is 0 Å². The van der Waals surface area contributed by atoms with E-state index in [2.05, 4.69) is 22.8 Å². The van der Waals surface area contributed by atoms with Crippen LogP contribution in [0.5, 0.6) is 0 Å². The first kappa shape index (κ1) is 18.6. The van der Waals surface area contributed by atoms with Crippen LogP contribution in [-0.4, -0.2) is 24.7 Å². The number of rotatable bonds is 4. The van der Waals surface area contributed by atoms with Crippen LogP contribution < -0.4 is 10.6 Å². The van der Waals surface area contributed by atoms with Crippen molar-refractivity contribution in [3.05, 3.63) is 95.1 Å². The van der Waals surface area contributed by atoms with Gasteiger partial charge < -0.3 is 10.6 Å². The van der Waals surface area contributed by atoms with Crippen molar-refractivity contribution in [1.29, 1.82) is 0 Å². The molecule has 0 radical (unpaired) electrons. The van der Waals surface area contributed by atoms with Crippen molar-refractivity contribution >= 4 is 22.9 Å². The number of hydrogen-bond donors (Lipinski definition) is 2. The molecule has 3 aromatic carbocycles. The van der Waals surface area contributed by atoms with E-state index in [0.717, 1.165) is 46.5 Å². The molecule has 30 heavy (non-hydrogen) atoms. The molecule has 0 saturated heterocycles. The molecule has 0 aliphatic carbocycles. The summed E-state index contributed by atoms with van der Waals surface area (Å²) in [5.41, 5.74) is 6.02. The Hall–Kier alpha value is -3.40. The van der Waals surface area contributed by atoms with Gasteiger partial charge in [-0.1, -0.05) is 66.7 Å². The molecule has 2 atom stereocenters. The number of anilines is 2. The molecule has 0 amide bonds. The third-order valence-corrected chi connectivity index (χ3v) is 6.20. The Morgan fingerprint density at radius 1 is 0.633 bits per heavy atom. The first-order valence-electron chi connectivity index (χ1n) is 10.5. The van der Waals surface area contributed by atoms with E-state index in [9.17, 15) is 9.59 Å². The number of Topliss-reactive ketones (excluding diaryl/α,β-unsaturated/α-hetero) is 2. The van der Waals surface area contributed by atoms with Crippen molar-refractivity contribution in [1.82, 2.24) is 0 Å². The van der Waals surface area contributed by atoms with Gasteiger partial charge in [0.1, 0.15) is 0 Å². The van der Waals surface area contributed by atoms with Gasteiger partial charge in [0.15, 0.2) is 11.6 Å². The third-order valence-electron chi connectivity index (χ3n) is 6.20. The first-order valence-corrected chi connectivity index (χ1v) is 10.5. The lowest BCUT2D eigenvalue weighted by atomic mass is 9.83. The summed E-state index contributed by atoms with van der Waals surface area (Å²) in [4.78, 5) is 25.8. The Labute approximate surface area is 176 Å². The van der Waals surface area contributed by atoms with Crippen LogP contribution in [0.4, 0.5) is 11.4 Å². The molecule has 0 bridgehead atoms. The molecule has 2 N–H and O–H groups in total. The summed E-state index contributed by atoms with van der Waals surface area (Å²) in [6.45, 7) is 1.29. The standard InChI is InChI=1S/C26H24N2O2/c29-25(17-7-3-1-4-8-17)21-12-19-11-20-13-22(26(30)18-9-5-2-6-10-18)16-28-24(20)14-23(19)27-15-21/h1-11,14,21-22,27-28H,12-13,15-16H2. The minimum Gasteiger partial charge on any atom is -0.384 e. The minimum absolute atomic E-state index is 0.0729. The lowest BCUT2D eigenvalue weighted by molar-refractivity contribution is 0.0918. The van der Waals surface area contributed by atoms with Crippen LogP contribution in [0.3, 0.4) is 0 Å². The second kappa shape index (κ2) is 7.79. The molecule has 0 fully saturated rings. The van der Waals surface area contributed by atoms with Gasteiger partial charge in [0.05, 0.1) is 0 Å². The lowest BCUT2D eigenvalue weighted by Gasteiger charge is -2.30. The maximum Gasteiger partial charge on any atom is 0.168 e. The summed E-state index contributed by atoms with van der Waals surface area (Å²) in [6.07, 6.45) is 1.45. The van der Waals surface area contributed by atoms with Crippen LogP contribution in [0.25, 0.3) is 0 Å². The zero-order valence-corrected chi connectivity index (χ0v) is 16.7. The van der Waals surface area contributed by atoms with E-state index in [1.54, 1.807) is 0 Å². The molecule has 0 aromatic heterocycles. The van der Waals surface area contributed by atoms with Crippen molar-refractivity contribution < 1.29 is 9.59 Å². The summed E-state index contributed by atoms with van der Waals surface area (Å²) in [5.74, 6) is 0.218. The fourth-order valence-electron chi connectivity index (χ4n) is 4.55. The van der Waals surface area contributed by atoms with Gasteiger partial charge in [0, 0.05) is 47.4 Å². The molecular weight excluding hydrogens is 372 g/mol. The number of nitrogens with one attached hydrogen (secondary N) is 2. The average Bonchev–Trinajstić information content (AvgIpc) is 2.82. The molecule has 150 valence electrons. The lowest BCUT2D eigenvalue weighted by Crippen LogP contribution is -2.32. The molecule has 0 spiro atoms. The maximum absolute atomic E-state index is 12.9. The fraction of sp³-hybridized carbons (Fsp3) is 0.231. The van der Waals surface area contributed by atoms with Gasteiger partial charge in [0.25, 0.3) is 0 Å². The molecule has 4 nitrogen and oxygen atoms in total. The van der Waals surface area contributed by atoms with Crippen molar-refractivity contribution in [2.75, 3.05) is 23.7 Å². The Bertz CT molecular complexity index is 1010. The largest absolute Gasteiger partial charge is 0.384 e. The molecule has 2 unspecified atom stereocenters. The average molecular weight is 396 g/mol. The van der Waals surface area contributed by atoms with Gasteiger partial charge >= 0.3 is 0 Å². The summed E-state index contributed by atoms with van der Waals surface area (Å²) >= 11 is 0. The summed E-state index contributed by atoms with van der Waals surface area (Å²) in [6, 6.07) is 23.3. The molecule has 4 heteroatoms. The van der Waals surface area contributed by atoms with Crippen LogP contribution in [0.15, 0.2) is 72.8 Å². The van der Waals surface area contributed by atoms with Crippen molar-refractivity contribution in [3.8, 4) is 0 Å². The Balaban J connectivity index is 1.36. The Morgan fingerprint density at radius 3 is 1.50 bits per heavy atom. The number of hydrogen-bond acceptors (Lipinski definition) is 4. The first-order chi connectivity index (χ1) is 14.7. The number of fused-ring (bicyclic) bond motifs is 2. The van der Waals surface area contributed by atoms with Crippen LogP contribution in [0.1, 0.15) is 31.8 Å². The van der Waals surface area contributed by atoms with E-state index in [1.807, 2.05) is 60.7 Å². The third kappa shape index (κ3) is 3.50. The second-order valence-corrected chi connectivity index (χ2v) is 8.19. The Morgan fingerprint density at radius 2 is 1.07 bits per heavy atom.